The molecule has 2 aromatic rings. The highest BCUT2D eigenvalue weighted by Gasteiger charge is 2.26. The highest BCUT2D eigenvalue weighted by Crippen LogP contribution is 2.44. The summed E-state index contributed by atoms with van der Waals surface area (Å²) >= 11 is 3.02. The number of halogens is 1. The van der Waals surface area contributed by atoms with Gasteiger partial charge in [-0.15, -0.1) is 23.1 Å². The molecule has 1 aromatic carbocycles. The molecule has 1 atom stereocenters. The SMILES string of the molecule is O=C1CSC(c2ccccc2F)c2sccc2N1. The minimum absolute atomic E-state index is 0.0292. The fourth-order valence-corrected chi connectivity index (χ4v) is 4.22. The molecule has 1 aliphatic rings. The third-order valence-electron chi connectivity index (χ3n) is 2.78. The van der Waals surface area contributed by atoms with Gasteiger partial charge in [0.1, 0.15) is 5.82 Å². The molecule has 0 bridgehead atoms. The molecule has 1 N–H and O–H groups in total. The van der Waals surface area contributed by atoms with Crippen molar-refractivity contribution in [2.75, 3.05) is 11.1 Å². The van der Waals surface area contributed by atoms with Gasteiger partial charge >= 0.3 is 0 Å². The molecule has 0 fully saturated rings. The quantitative estimate of drug-likeness (QED) is 0.863. The summed E-state index contributed by atoms with van der Waals surface area (Å²) < 4.78 is 13.9. The molecule has 1 aliphatic heterocycles. The molecule has 18 heavy (non-hydrogen) atoms. The number of thiophene rings is 1. The lowest BCUT2D eigenvalue weighted by atomic mass is 10.1. The van der Waals surface area contributed by atoms with Gasteiger partial charge in [-0.1, -0.05) is 18.2 Å². The van der Waals surface area contributed by atoms with Gasteiger partial charge in [-0.2, -0.15) is 0 Å². The Morgan fingerprint density at radius 3 is 2.94 bits per heavy atom. The number of hydrogen-bond acceptors (Lipinski definition) is 3. The first-order valence-electron chi connectivity index (χ1n) is 5.49. The van der Waals surface area contributed by atoms with Crippen molar-refractivity contribution in [2.45, 2.75) is 5.25 Å². The van der Waals surface area contributed by atoms with E-state index < -0.39 is 0 Å². The Bertz CT molecular complexity index is 596. The third-order valence-corrected chi connectivity index (χ3v) is 5.16. The predicted molar refractivity (Wildman–Crippen MR) is 73.6 cm³/mol. The monoisotopic (exact) mass is 279 g/mol. The fraction of sp³-hybridized carbons (Fsp3) is 0.154. The largest absolute Gasteiger partial charge is 0.324 e. The van der Waals surface area contributed by atoms with Gasteiger partial charge in [0.2, 0.25) is 5.91 Å². The number of carbonyl (C=O) groups is 1. The first-order chi connectivity index (χ1) is 8.75. The maximum atomic E-state index is 13.9. The van der Waals surface area contributed by atoms with E-state index in [-0.39, 0.29) is 17.0 Å². The highest BCUT2D eigenvalue weighted by molar-refractivity contribution is 8.00. The molecule has 3 rings (SSSR count). The van der Waals surface area contributed by atoms with Crippen LogP contribution in [-0.2, 0) is 4.79 Å². The minimum atomic E-state index is -0.219. The summed E-state index contributed by atoms with van der Waals surface area (Å²) in [5.41, 5.74) is 1.45. The molecule has 1 unspecified atom stereocenters. The maximum absolute atomic E-state index is 13.9. The fourth-order valence-electron chi connectivity index (χ4n) is 1.97. The van der Waals surface area contributed by atoms with Gasteiger partial charge in [-0.25, -0.2) is 4.39 Å². The van der Waals surface area contributed by atoms with Crippen molar-refractivity contribution in [1.29, 1.82) is 0 Å². The highest BCUT2D eigenvalue weighted by atomic mass is 32.2. The number of fused-ring (bicyclic) bond motifs is 1. The molecule has 0 radical (unpaired) electrons. The summed E-state index contributed by atoms with van der Waals surface area (Å²) in [6.45, 7) is 0. The lowest BCUT2D eigenvalue weighted by molar-refractivity contribution is -0.113. The Morgan fingerprint density at radius 2 is 2.11 bits per heavy atom. The number of hydrogen-bond donors (Lipinski definition) is 1. The van der Waals surface area contributed by atoms with Gasteiger partial charge < -0.3 is 5.32 Å². The number of anilines is 1. The number of carbonyl (C=O) groups excluding carboxylic acids is 1. The second kappa shape index (κ2) is 4.74. The second-order valence-electron chi connectivity index (χ2n) is 3.96. The smallest absolute Gasteiger partial charge is 0.234 e. The molecule has 1 aromatic heterocycles. The van der Waals surface area contributed by atoms with Crippen LogP contribution in [0.2, 0.25) is 0 Å². The van der Waals surface area contributed by atoms with E-state index in [1.807, 2.05) is 17.5 Å². The standard InChI is InChI=1S/C13H10FNOS2/c14-9-4-2-1-3-8(9)12-13-10(5-6-17-13)15-11(16)7-18-12/h1-6,12H,7H2,(H,15,16). The third kappa shape index (κ3) is 2.04. The molecule has 5 heteroatoms. The molecular formula is C13H10FNOS2. The minimum Gasteiger partial charge on any atom is -0.324 e. The normalized spacial score (nSPS) is 18.9. The van der Waals surface area contributed by atoms with E-state index in [4.69, 9.17) is 0 Å². The number of thioether (sulfide) groups is 1. The summed E-state index contributed by atoms with van der Waals surface area (Å²) in [5.74, 6) is 0.0996. The summed E-state index contributed by atoms with van der Waals surface area (Å²) in [6.07, 6.45) is 0. The zero-order valence-corrected chi connectivity index (χ0v) is 11.0. The van der Waals surface area contributed by atoms with Crippen LogP contribution in [0.4, 0.5) is 10.1 Å². The van der Waals surface area contributed by atoms with Crippen molar-refractivity contribution >= 4 is 34.7 Å². The number of rotatable bonds is 1. The molecule has 92 valence electrons. The molecule has 2 nitrogen and oxygen atoms in total. The van der Waals surface area contributed by atoms with Crippen LogP contribution in [0.3, 0.4) is 0 Å². The van der Waals surface area contributed by atoms with E-state index in [0.717, 1.165) is 10.6 Å². The summed E-state index contributed by atoms with van der Waals surface area (Å²) in [5, 5.41) is 4.66. The van der Waals surface area contributed by atoms with Crippen LogP contribution in [-0.4, -0.2) is 11.7 Å². The molecular weight excluding hydrogens is 269 g/mol. The van der Waals surface area contributed by atoms with E-state index in [2.05, 4.69) is 5.32 Å². The van der Waals surface area contributed by atoms with Crippen LogP contribution in [0.25, 0.3) is 0 Å². The first-order valence-corrected chi connectivity index (χ1v) is 7.42. The van der Waals surface area contributed by atoms with Crippen LogP contribution in [0, 0.1) is 5.82 Å². The zero-order valence-electron chi connectivity index (χ0n) is 9.35. The van der Waals surface area contributed by atoms with Crippen molar-refractivity contribution in [3.05, 3.63) is 52.0 Å². The predicted octanol–water partition coefficient (Wildman–Crippen LogP) is 3.66. The Balaban J connectivity index is 2.08. The van der Waals surface area contributed by atoms with Gasteiger partial charge in [0.15, 0.2) is 0 Å². The summed E-state index contributed by atoms with van der Waals surface area (Å²) in [7, 11) is 0. The van der Waals surface area contributed by atoms with Gasteiger partial charge in [0, 0.05) is 10.4 Å². The van der Waals surface area contributed by atoms with Crippen LogP contribution < -0.4 is 5.32 Å². The van der Waals surface area contributed by atoms with Crippen molar-refractivity contribution < 1.29 is 9.18 Å². The lowest BCUT2D eigenvalue weighted by Crippen LogP contribution is -2.11. The van der Waals surface area contributed by atoms with Gasteiger partial charge in [-0.05, 0) is 17.5 Å². The summed E-state index contributed by atoms with van der Waals surface area (Å²) in [6, 6.07) is 8.62. The van der Waals surface area contributed by atoms with Crippen molar-refractivity contribution in [1.82, 2.24) is 0 Å². The molecule has 0 spiro atoms. The zero-order chi connectivity index (χ0) is 12.5. The average Bonchev–Trinajstić information content (AvgIpc) is 2.74. The van der Waals surface area contributed by atoms with E-state index in [1.54, 1.807) is 23.5 Å². The van der Waals surface area contributed by atoms with E-state index in [0.29, 0.717) is 11.3 Å². The molecule has 0 aliphatic carbocycles. The lowest BCUT2D eigenvalue weighted by Gasteiger charge is -2.14. The molecule has 2 heterocycles. The van der Waals surface area contributed by atoms with Gasteiger partial charge in [-0.3, -0.25) is 4.79 Å². The van der Waals surface area contributed by atoms with E-state index in [1.165, 1.54) is 17.8 Å². The van der Waals surface area contributed by atoms with E-state index >= 15 is 0 Å². The van der Waals surface area contributed by atoms with Crippen LogP contribution >= 0.6 is 23.1 Å². The van der Waals surface area contributed by atoms with Gasteiger partial charge in [0.25, 0.3) is 0 Å². The van der Waals surface area contributed by atoms with Crippen molar-refractivity contribution in [3.63, 3.8) is 0 Å². The van der Waals surface area contributed by atoms with E-state index in [9.17, 15) is 9.18 Å². The Kier molecular flexibility index (Phi) is 3.09. The first kappa shape index (κ1) is 11.7. The Morgan fingerprint density at radius 1 is 1.28 bits per heavy atom. The second-order valence-corrected chi connectivity index (χ2v) is 6.00. The van der Waals surface area contributed by atoms with Crippen LogP contribution in [0.15, 0.2) is 35.7 Å². The number of benzene rings is 1. The summed E-state index contributed by atoms with van der Waals surface area (Å²) in [4.78, 5) is 12.6. The topological polar surface area (TPSA) is 29.1 Å². The number of amides is 1. The Labute approximate surface area is 112 Å². The van der Waals surface area contributed by atoms with Crippen molar-refractivity contribution in [3.8, 4) is 0 Å². The van der Waals surface area contributed by atoms with Crippen LogP contribution in [0.5, 0.6) is 0 Å². The number of nitrogens with one attached hydrogen (secondary N) is 1. The molecule has 1 amide bonds. The molecule has 0 saturated carbocycles. The maximum Gasteiger partial charge on any atom is 0.234 e. The van der Waals surface area contributed by atoms with Crippen molar-refractivity contribution in [2.24, 2.45) is 0 Å². The van der Waals surface area contributed by atoms with Crippen LogP contribution in [0.1, 0.15) is 15.7 Å². The Hall–Kier alpha value is -1.33. The average molecular weight is 279 g/mol. The molecule has 0 saturated heterocycles. The van der Waals surface area contributed by atoms with Gasteiger partial charge in [0.05, 0.1) is 16.7 Å².